The molecule has 1 aromatic heterocycles. The topological polar surface area (TPSA) is 98.1 Å². The summed E-state index contributed by atoms with van der Waals surface area (Å²) >= 11 is 1.50. The van der Waals surface area contributed by atoms with E-state index in [1.807, 2.05) is 41.8 Å². The lowest BCUT2D eigenvalue weighted by Crippen LogP contribution is -2.36. The number of rotatable bonds is 7. The summed E-state index contributed by atoms with van der Waals surface area (Å²) in [6.07, 6.45) is 0. The fraction of sp³-hybridized carbons (Fsp3) is 0.286. The molecule has 2 heterocycles. The van der Waals surface area contributed by atoms with E-state index < -0.39 is 23.8 Å². The minimum atomic E-state index is -0.743. The smallest absolute Gasteiger partial charge is 0.336 e. The van der Waals surface area contributed by atoms with Crippen LogP contribution in [0.3, 0.4) is 0 Å². The Morgan fingerprint density at radius 1 is 1.00 bits per heavy atom. The van der Waals surface area contributed by atoms with Crippen LogP contribution in [0.2, 0.25) is 0 Å². The number of benzene rings is 2. The van der Waals surface area contributed by atoms with Crippen LogP contribution in [0.1, 0.15) is 39.2 Å². The van der Waals surface area contributed by atoms with Crippen LogP contribution in [-0.4, -0.2) is 41.0 Å². The molecule has 2 aromatic carbocycles. The minimum absolute atomic E-state index is 0.199. The van der Waals surface area contributed by atoms with Crippen LogP contribution in [-0.2, 0) is 19.1 Å². The summed E-state index contributed by atoms with van der Waals surface area (Å²) in [4.78, 5) is 35.4. The van der Waals surface area contributed by atoms with Gasteiger partial charge in [-0.3, -0.25) is 9.79 Å². The lowest BCUT2D eigenvalue weighted by Gasteiger charge is -2.31. The zero-order valence-electron chi connectivity index (χ0n) is 20.6. The number of carbonyl (C=O) groups is 2. The normalized spacial score (nSPS) is 17.5. The summed E-state index contributed by atoms with van der Waals surface area (Å²) in [5.41, 5.74) is 4.84. The molecule has 186 valence electrons. The van der Waals surface area contributed by atoms with Crippen molar-refractivity contribution in [2.75, 3.05) is 13.2 Å². The third-order valence-corrected chi connectivity index (χ3v) is 6.92. The van der Waals surface area contributed by atoms with E-state index in [1.54, 1.807) is 39.8 Å². The first-order valence-corrected chi connectivity index (χ1v) is 12.7. The van der Waals surface area contributed by atoms with Gasteiger partial charge >= 0.3 is 11.9 Å². The van der Waals surface area contributed by atoms with Crippen molar-refractivity contribution >= 4 is 29.0 Å². The van der Waals surface area contributed by atoms with Crippen LogP contribution in [0.5, 0.6) is 5.75 Å². The van der Waals surface area contributed by atoms with Crippen LogP contribution >= 0.6 is 11.3 Å². The second-order valence-corrected chi connectivity index (χ2v) is 9.25. The molecule has 1 N–H and O–H groups in total. The molecule has 36 heavy (non-hydrogen) atoms. The van der Waals surface area contributed by atoms with Crippen LogP contribution in [0, 0.1) is 5.92 Å². The van der Waals surface area contributed by atoms with Crippen molar-refractivity contribution in [3.63, 3.8) is 0 Å². The van der Waals surface area contributed by atoms with Crippen molar-refractivity contribution in [3.8, 4) is 27.6 Å². The molecule has 8 heteroatoms. The number of thiazole rings is 1. The molecule has 0 amide bonds. The van der Waals surface area contributed by atoms with Crippen molar-refractivity contribution in [2.45, 2.75) is 33.6 Å². The Morgan fingerprint density at radius 3 is 2.42 bits per heavy atom. The number of aromatic nitrogens is 1. The van der Waals surface area contributed by atoms with Crippen molar-refractivity contribution in [2.24, 2.45) is 10.9 Å². The van der Waals surface area contributed by atoms with Gasteiger partial charge in [-0.15, -0.1) is 11.3 Å². The Kier molecular flexibility index (Phi) is 7.64. The number of carbonyl (C=O) groups excluding carboxylic acids is 2. The van der Waals surface area contributed by atoms with Gasteiger partial charge in [-0.1, -0.05) is 18.2 Å². The van der Waals surface area contributed by atoms with Crippen molar-refractivity contribution in [3.05, 3.63) is 70.7 Å². The van der Waals surface area contributed by atoms with E-state index in [2.05, 4.69) is 4.99 Å². The Balaban J connectivity index is 1.78. The van der Waals surface area contributed by atoms with Crippen LogP contribution < -0.4 is 0 Å². The van der Waals surface area contributed by atoms with Crippen molar-refractivity contribution in [1.82, 2.24) is 4.98 Å². The van der Waals surface area contributed by atoms with Gasteiger partial charge in [0.05, 0.1) is 24.5 Å². The number of allylic oxidation sites excluding steroid dienone is 1. The molecule has 0 radical (unpaired) electrons. The maximum absolute atomic E-state index is 13.1. The maximum atomic E-state index is 13.1. The molecule has 0 fully saturated rings. The average molecular weight is 505 g/mol. The molecule has 1 aliphatic rings. The van der Waals surface area contributed by atoms with Crippen molar-refractivity contribution in [1.29, 1.82) is 0 Å². The standard InChI is InChI=1S/C28H28N2O5S/c1-5-34-27(32)23-16(3)29-17(4)24(28(33)35-6-2)25(23)19-8-7-9-20(14-19)26-30-22(15-36-26)18-10-12-21(31)13-11-18/h7-15,23,25,31H,5-6H2,1-4H3. The number of aromatic hydroxyl groups is 1. The second-order valence-electron chi connectivity index (χ2n) is 8.39. The number of esters is 2. The first-order valence-electron chi connectivity index (χ1n) is 11.8. The number of aliphatic imine (C=N–C) groups is 1. The maximum Gasteiger partial charge on any atom is 0.336 e. The molecular formula is C28H28N2O5S. The van der Waals surface area contributed by atoms with Gasteiger partial charge in [0.15, 0.2) is 0 Å². The second kappa shape index (κ2) is 10.9. The highest BCUT2D eigenvalue weighted by atomic mass is 32.1. The monoisotopic (exact) mass is 504 g/mol. The molecular weight excluding hydrogens is 476 g/mol. The summed E-state index contributed by atoms with van der Waals surface area (Å²) in [7, 11) is 0. The summed E-state index contributed by atoms with van der Waals surface area (Å²) < 4.78 is 10.7. The number of ether oxygens (including phenoxy) is 2. The van der Waals surface area contributed by atoms with Gasteiger partial charge in [0, 0.05) is 33.8 Å². The van der Waals surface area contributed by atoms with Gasteiger partial charge in [-0.2, -0.15) is 0 Å². The van der Waals surface area contributed by atoms with Crippen LogP contribution in [0.4, 0.5) is 0 Å². The molecule has 0 bridgehead atoms. The van der Waals surface area contributed by atoms with E-state index >= 15 is 0 Å². The average Bonchev–Trinajstić information content (AvgIpc) is 3.35. The Labute approximate surface area is 214 Å². The quantitative estimate of drug-likeness (QED) is 0.411. The van der Waals surface area contributed by atoms with E-state index in [1.165, 1.54) is 11.3 Å². The van der Waals surface area contributed by atoms with Crippen LogP contribution in [0.15, 0.2) is 70.2 Å². The fourth-order valence-corrected chi connectivity index (χ4v) is 5.27. The fourth-order valence-electron chi connectivity index (χ4n) is 4.44. The Bertz CT molecular complexity index is 1340. The number of hydrogen-bond acceptors (Lipinski definition) is 8. The van der Waals surface area contributed by atoms with Gasteiger partial charge < -0.3 is 14.6 Å². The van der Waals surface area contributed by atoms with Gasteiger partial charge in [-0.05, 0) is 63.6 Å². The van der Waals surface area contributed by atoms with E-state index in [0.29, 0.717) is 17.0 Å². The molecule has 0 saturated carbocycles. The molecule has 0 saturated heterocycles. The molecule has 2 atom stereocenters. The third kappa shape index (κ3) is 5.09. The molecule has 3 aromatic rings. The summed E-state index contributed by atoms with van der Waals surface area (Å²) in [6.45, 7) is 7.50. The summed E-state index contributed by atoms with van der Waals surface area (Å²) in [5.74, 6) is -2.05. The zero-order chi connectivity index (χ0) is 25.8. The van der Waals surface area contributed by atoms with E-state index in [4.69, 9.17) is 14.5 Å². The predicted octanol–water partition coefficient (Wildman–Crippen LogP) is 5.76. The lowest BCUT2D eigenvalue weighted by atomic mass is 9.75. The predicted molar refractivity (Wildman–Crippen MR) is 140 cm³/mol. The Morgan fingerprint density at radius 2 is 1.72 bits per heavy atom. The summed E-state index contributed by atoms with van der Waals surface area (Å²) in [5, 5.41) is 12.3. The van der Waals surface area contributed by atoms with E-state index in [-0.39, 0.29) is 19.0 Å². The van der Waals surface area contributed by atoms with E-state index in [9.17, 15) is 14.7 Å². The van der Waals surface area contributed by atoms with Crippen LogP contribution in [0.25, 0.3) is 21.8 Å². The molecule has 0 aliphatic carbocycles. The van der Waals surface area contributed by atoms with Gasteiger partial charge in [0.1, 0.15) is 16.7 Å². The SMILES string of the molecule is CCOC(=O)C1=C(C)N=C(C)C(C(=O)OCC)C1c1cccc(-c2nc(-c3ccc(O)cc3)cs2)c1. The summed E-state index contributed by atoms with van der Waals surface area (Å²) in [6, 6.07) is 14.6. The molecule has 0 spiro atoms. The third-order valence-electron chi connectivity index (χ3n) is 6.02. The van der Waals surface area contributed by atoms with Gasteiger partial charge in [-0.25, -0.2) is 9.78 Å². The number of nitrogens with zero attached hydrogens (tertiary/aromatic N) is 2. The molecule has 4 rings (SSSR count). The minimum Gasteiger partial charge on any atom is -0.508 e. The molecule has 7 nitrogen and oxygen atoms in total. The first kappa shape index (κ1) is 25.3. The molecule has 2 unspecified atom stereocenters. The highest BCUT2D eigenvalue weighted by Gasteiger charge is 2.42. The Hall–Kier alpha value is -3.78. The number of hydrogen-bond donors (Lipinski definition) is 1. The highest BCUT2D eigenvalue weighted by molar-refractivity contribution is 7.13. The first-order chi connectivity index (χ1) is 17.3. The van der Waals surface area contributed by atoms with Gasteiger partial charge in [0.25, 0.3) is 0 Å². The number of phenolic OH excluding ortho intramolecular Hbond substituents is 1. The molecule has 1 aliphatic heterocycles. The number of phenols is 1. The van der Waals surface area contributed by atoms with Crippen molar-refractivity contribution < 1.29 is 24.2 Å². The van der Waals surface area contributed by atoms with E-state index in [0.717, 1.165) is 27.4 Å². The largest absolute Gasteiger partial charge is 0.508 e. The zero-order valence-corrected chi connectivity index (χ0v) is 21.5. The lowest BCUT2D eigenvalue weighted by molar-refractivity contribution is -0.146. The highest BCUT2D eigenvalue weighted by Crippen LogP contribution is 2.41. The van der Waals surface area contributed by atoms with Gasteiger partial charge in [0.2, 0.25) is 0 Å².